The maximum atomic E-state index is 13.3. The number of carbonyl (C=O) groups excluding carboxylic acids is 1. The summed E-state index contributed by atoms with van der Waals surface area (Å²) in [5.74, 6) is 0.606. The van der Waals surface area contributed by atoms with E-state index in [1.807, 2.05) is 43.3 Å². The van der Waals surface area contributed by atoms with Crippen LogP contribution in [0, 0.1) is 0 Å². The molecule has 0 fully saturated rings. The smallest absolute Gasteiger partial charge is 0.262 e. The maximum absolute atomic E-state index is 13.3. The minimum Gasteiger partial charge on any atom is -0.497 e. The minimum absolute atomic E-state index is 0.0156. The molecule has 0 aliphatic rings. The molecule has 0 bridgehead atoms. The van der Waals surface area contributed by atoms with Gasteiger partial charge in [-0.3, -0.25) is 9.59 Å². The summed E-state index contributed by atoms with van der Waals surface area (Å²) in [6, 6.07) is 21.7. The third kappa shape index (κ3) is 4.49. The lowest BCUT2D eigenvalue weighted by Crippen LogP contribution is -2.22. The van der Waals surface area contributed by atoms with Crippen molar-refractivity contribution in [3.63, 3.8) is 0 Å². The number of methoxy groups -OCH3 is 1. The van der Waals surface area contributed by atoms with Crippen molar-refractivity contribution in [3.8, 4) is 22.8 Å². The van der Waals surface area contributed by atoms with E-state index in [2.05, 4.69) is 5.32 Å². The van der Waals surface area contributed by atoms with Gasteiger partial charge in [0.25, 0.3) is 5.91 Å². The van der Waals surface area contributed by atoms with Crippen LogP contribution in [0.15, 0.2) is 82.0 Å². The molecule has 4 aromatic rings. The predicted octanol–water partition coefficient (Wildman–Crippen LogP) is 5.05. The van der Waals surface area contributed by atoms with Gasteiger partial charge in [-0.15, -0.1) is 0 Å². The van der Waals surface area contributed by atoms with Crippen LogP contribution in [0.5, 0.6) is 11.5 Å². The highest BCUT2D eigenvalue weighted by atomic mass is 16.5. The highest BCUT2D eigenvalue weighted by Gasteiger charge is 2.19. The van der Waals surface area contributed by atoms with E-state index >= 15 is 0 Å². The molecule has 6 nitrogen and oxygen atoms in total. The first-order chi connectivity index (χ1) is 15.6. The van der Waals surface area contributed by atoms with Gasteiger partial charge in [0.1, 0.15) is 11.3 Å². The lowest BCUT2D eigenvalue weighted by molar-refractivity contribution is -0.118. The summed E-state index contributed by atoms with van der Waals surface area (Å²) in [5.41, 5.74) is 2.47. The molecule has 162 valence electrons. The average molecular weight is 429 g/mol. The van der Waals surface area contributed by atoms with E-state index in [4.69, 9.17) is 13.9 Å². The minimum atomic E-state index is -0.393. The van der Waals surface area contributed by atoms with Crippen LogP contribution in [0.2, 0.25) is 0 Å². The van der Waals surface area contributed by atoms with Crippen LogP contribution in [-0.2, 0) is 11.2 Å². The van der Waals surface area contributed by atoms with Crippen LogP contribution in [0.4, 0.5) is 5.69 Å². The lowest BCUT2D eigenvalue weighted by atomic mass is 10.1. The zero-order chi connectivity index (χ0) is 22.5. The van der Waals surface area contributed by atoms with Gasteiger partial charge in [-0.1, -0.05) is 43.3 Å². The molecule has 3 aromatic carbocycles. The van der Waals surface area contributed by atoms with Crippen molar-refractivity contribution in [2.75, 3.05) is 19.0 Å². The molecule has 0 aliphatic heterocycles. The van der Waals surface area contributed by atoms with Gasteiger partial charge in [-0.05, 0) is 48.4 Å². The van der Waals surface area contributed by atoms with Crippen LogP contribution in [0.25, 0.3) is 22.3 Å². The Morgan fingerprint density at radius 3 is 2.44 bits per heavy atom. The number of carbonyl (C=O) groups is 1. The van der Waals surface area contributed by atoms with E-state index in [0.717, 1.165) is 12.0 Å². The first-order valence-electron chi connectivity index (χ1n) is 10.3. The zero-order valence-corrected chi connectivity index (χ0v) is 17.9. The number of amides is 1. The fraction of sp³-hybridized carbons (Fsp3) is 0.154. The second kappa shape index (κ2) is 9.39. The number of ether oxygens (including phenoxy) is 2. The van der Waals surface area contributed by atoms with E-state index < -0.39 is 5.91 Å². The van der Waals surface area contributed by atoms with Crippen molar-refractivity contribution in [1.29, 1.82) is 0 Å². The van der Waals surface area contributed by atoms with Gasteiger partial charge in [0.15, 0.2) is 12.4 Å². The highest BCUT2D eigenvalue weighted by Crippen LogP contribution is 2.31. The Kier molecular flexibility index (Phi) is 6.22. The summed E-state index contributed by atoms with van der Waals surface area (Å²) < 4.78 is 16.9. The molecule has 1 aromatic heterocycles. The van der Waals surface area contributed by atoms with Crippen molar-refractivity contribution in [3.05, 3.63) is 88.6 Å². The first kappa shape index (κ1) is 21.2. The molecule has 6 heteroatoms. The van der Waals surface area contributed by atoms with Crippen LogP contribution >= 0.6 is 0 Å². The number of hydrogen-bond acceptors (Lipinski definition) is 5. The molecule has 0 aliphatic carbocycles. The average Bonchev–Trinajstić information content (AvgIpc) is 2.84. The normalized spacial score (nSPS) is 10.7. The third-order valence-electron chi connectivity index (χ3n) is 5.08. The maximum Gasteiger partial charge on any atom is 0.262 e. The molecule has 4 rings (SSSR count). The fourth-order valence-corrected chi connectivity index (χ4v) is 3.37. The quantitative estimate of drug-likeness (QED) is 0.445. The van der Waals surface area contributed by atoms with Crippen molar-refractivity contribution >= 4 is 22.6 Å². The number of nitrogens with one attached hydrogen (secondary N) is 1. The molecule has 1 N–H and O–H groups in total. The van der Waals surface area contributed by atoms with Gasteiger partial charge in [-0.25, -0.2) is 0 Å². The van der Waals surface area contributed by atoms with Crippen LogP contribution in [-0.4, -0.2) is 19.6 Å². The summed E-state index contributed by atoms with van der Waals surface area (Å²) in [6.07, 6.45) is 0.788. The second-order valence-corrected chi connectivity index (χ2v) is 7.20. The van der Waals surface area contributed by atoms with E-state index in [1.165, 1.54) is 0 Å². The van der Waals surface area contributed by atoms with Crippen molar-refractivity contribution < 1.29 is 18.7 Å². The van der Waals surface area contributed by atoms with Crippen molar-refractivity contribution in [2.24, 2.45) is 0 Å². The van der Waals surface area contributed by atoms with Gasteiger partial charge in [-0.2, -0.15) is 0 Å². The molecule has 1 heterocycles. The second-order valence-electron chi connectivity index (χ2n) is 7.20. The Balaban J connectivity index is 1.65. The molecule has 0 saturated heterocycles. The van der Waals surface area contributed by atoms with Crippen LogP contribution in [0.1, 0.15) is 12.5 Å². The van der Waals surface area contributed by atoms with Gasteiger partial charge in [0.05, 0.1) is 12.5 Å². The molecule has 0 spiro atoms. The third-order valence-corrected chi connectivity index (χ3v) is 5.08. The zero-order valence-electron chi connectivity index (χ0n) is 17.9. The largest absolute Gasteiger partial charge is 0.497 e. The fourth-order valence-electron chi connectivity index (χ4n) is 3.37. The molecule has 0 saturated carbocycles. The number of hydrogen-bond donors (Lipinski definition) is 1. The first-order valence-corrected chi connectivity index (χ1v) is 10.3. The molecule has 0 unspecified atom stereocenters. The molecule has 0 radical (unpaired) electrons. The predicted molar refractivity (Wildman–Crippen MR) is 124 cm³/mol. The lowest BCUT2D eigenvalue weighted by Gasteiger charge is -2.12. The standard InChI is InChI=1S/C26H23NO5/c1-3-17-9-14-22-21(15-17)24(29)26(25(32-22)18-7-5-4-6-8-18)31-16-23(28)27-19-10-12-20(30-2)13-11-19/h4-15H,3,16H2,1-2H3,(H,27,28). The van der Waals surface area contributed by atoms with Crippen LogP contribution < -0.4 is 20.2 Å². The Morgan fingerprint density at radius 2 is 1.75 bits per heavy atom. The Bertz CT molecular complexity index is 1290. The Morgan fingerprint density at radius 1 is 1.00 bits per heavy atom. The van der Waals surface area contributed by atoms with E-state index in [0.29, 0.717) is 33.7 Å². The highest BCUT2D eigenvalue weighted by molar-refractivity contribution is 5.92. The summed E-state index contributed by atoms with van der Waals surface area (Å²) in [4.78, 5) is 25.8. The Labute approximate surface area is 185 Å². The SMILES string of the molecule is CCc1ccc2oc(-c3ccccc3)c(OCC(=O)Nc3ccc(OC)cc3)c(=O)c2c1. The van der Waals surface area contributed by atoms with E-state index in [1.54, 1.807) is 43.5 Å². The summed E-state index contributed by atoms with van der Waals surface area (Å²) in [6.45, 7) is 1.68. The van der Waals surface area contributed by atoms with E-state index in [9.17, 15) is 9.59 Å². The van der Waals surface area contributed by atoms with Gasteiger partial charge < -0.3 is 19.2 Å². The molecule has 32 heavy (non-hydrogen) atoms. The number of aryl methyl sites for hydroxylation is 1. The van der Waals surface area contributed by atoms with Crippen molar-refractivity contribution in [1.82, 2.24) is 0 Å². The summed E-state index contributed by atoms with van der Waals surface area (Å²) in [7, 11) is 1.57. The Hall–Kier alpha value is -4.06. The molecule has 1 amide bonds. The topological polar surface area (TPSA) is 77.8 Å². The molecular weight excluding hydrogens is 406 g/mol. The van der Waals surface area contributed by atoms with Gasteiger partial charge in [0.2, 0.25) is 11.2 Å². The number of rotatable bonds is 7. The van der Waals surface area contributed by atoms with E-state index in [-0.39, 0.29) is 17.8 Å². The monoisotopic (exact) mass is 429 g/mol. The number of fused-ring (bicyclic) bond motifs is 1. The summed E-state index contributed by atoms with van der Waals surface area (Å²) in [5, 5.41) is 3.17. The number of benzene rings is 3. The number of anilines is 1. The van der Waals surface area contributed by atoms with Crippen molar-refractivity contribution in [2.45, 2.75) is 13.3 Å². The van der Waals surface area contributed by atoms with Gasteiger partial charge in [0, 0.05) is 11.3 Å². The van der Waals surface area contributed by atoms with Crippen LogP contribution in [0.3, 0.4) is 0 Å². The van der Waals surface area contributed by atoms with Gasteiger partial charge >= 0.3 is 0 Å². The molecular formula is C26H23NO5. The summed E-state index contributed by atoms with van der Waals surface area (Å²) >= 11 is 0. The molecule has 0 atom stereocenters.